The fraction of sp³-hybridized carbons (Fsp3) is 0.158. The number of carbonyl (C=O) groups excluding carboxylic acids is 1. The average molecular weight is 427 g/mol. The van der Waals surface area contributed by atoms with Crippen molar-refractivity contribution in [2.75, 3.05) is 36.6 Å². The first kappa shape index (κ1) is 21.0. The number of methoxy groups -OCH3 is 2. The Hall–Kier alpha value is -3.73. The lowest BCUT2D eigenvalue weighted by Crippen LogP contribution is -2.17. The second-order valence-electron chi connectivity index (χ2n) is 5.86. The molecule has 0 saturated carbocycles. The predicted octanol–water partition coefficient (Wildman–Crippen LogP) is 2.19. The van der Waals surface area contributed by atoms with Gasteiger partial charge < -0.3 is 20.6 Å². The van der Waals surface area contributed by atoms with Gasteiger partial charge in [0.2, 0.25) is 11.1 Å². The normalized spacial score (nSPS) is 10.7. The number of anilines is 2. The number of hydrogen-bond acceptors (Lipinski definition) is 9. The fourth-order valence-corrected chi connectivity index (χ4v) is 3.03. The van der Waals surface area contributed by atoms with E-state index in [-0.39, 0.29) is 17.6 Å². The number of nitrogen functional groups attached to an aromatic ring is 1. The summed E-state index contributed by atoms with van der Waals surface area (Å²) in [5.41, 5.74) is 4.19. The van der Waals surface area contributed by atoms with Gasteiger partial charge >= 0.3 is 0 Å². The van der Waals surface area contributed by atoms with Crippen molar-refractivity contribution < 1.29 is 14.3 Å². The summed E-state index contributed by atoms with van der Waals surface area (Å²) in [5, 5.41) is 15.1. The quantitative estimate of drug-likeness (QED) is 0.205. The third kappa shape index (κ3) is 5.41. The maximum absolute atomic E-state index is 12.2. The highest BCUT2D eigenvalue weighted by Crippen LogP contribution is 2.24. The van der Waals surface area contributed by atoms with Crippen molar-refractivity contribution in [3.05, 3.63) is 54.1 Å². The highest BCUT2D eigenvalue weighted by Gasteiger charge is 2.13. The van der Waals surface area contributed by atoms with Gasteiger partial charge in [0.05, 0.1) is 31.9 Å². The lowest BCUT2D eigenvalue weighted by Gasteiger charge is -2.09. The van der Waals surface area contributed by atoms with Crippen LogP contribution < -0.4 is 26.1 Å². The van der Waals surface area contributed by atoms with Crippen LogP contribution in [0.1, 0.15) is 5.56 Å². The van der Waals surface area contributed by atoms with Crippen molar-refractivity contribution in [2.45, 2.75) is 5.16 Å². The molecule has 11 heteroatoms. The van der Waals surface area contributed by atoms with Crippen LogP contribution in [0, 0.1) is 0 Å². The second kappa shape index (κ2) is 10.2. The van der Waals surface area contributed by atoms with Crippen LogP contribution in [-0.2, 0) is 4.79 Å². The summed E-state index contributed by atoms with van der Waals surface area (Å²) in [6.07, 6.45) is 1.61. The summed E-state index contributed by atoms with van der Waals surface area (Å²) in [4.78, 5) is 12.2. The Morgan fingerprint density at radius 2 is 1.93 bits per heavy atom. The SMILES string of the molecule is COc1ccc(/C=N/Nc2nnc(SCC(=O)Nc3ccccc3OC)n2N)cc1. The third-order valence-electron chi connectivity index (χ3n) is 3.87. The molecular weight excluding hydrogens is 406 g/mol. The van der Waals surface area contributed by atoms with Crippen molar-refractivity contribution >= 4 is 35.5 Å². The van der Waals surface area contributed by atoms with Gasteiger partial charge in [-0.15, -0.1) is 10.2 Å². The molecule has 2 aromatic carbocycles. The van der Waals surface area contributed by atoms with Crippen LogP contribution in [0.4, 0.5) is 11.6 Å². The standard InChI is InChI=1S/C19H21N7O3S/c1-28-14-9-7-13(8-10-14)11-21-23-18-24-25-19(26(18)20)30-12-17(27)22-15-5-3-4-6-16(15)29-2/h3-11H,12,20H2,1-2H3,(H,22,27)(H,23,24)/b21-11+. The third-order valence-corrected chi connectivity index (χ3v) is 4.82. The Balaban J connectivity index is 1.53. The monoisotopic (exact) mass is 427 g/mol. The van der Waals surface area contributed by atoms with E-state index in [1.165, 1.54) is 4.68 Å². The van der Waals surface area contributed by atoms with Crippen LogP contribution in [0.2, 0.25) is 0 Å². The van der Waals surface area contributed by atoms with E-state index in [1.807, 2.05) is 36.4 Å². The molecule has 0 atom stereocenters. The molecule has 156 valence electrons. The van der Waals surface area contributed by atoms with Crippen LogP contribution in [0.25, 0.3) is 0 Å². The minimum absolute atomic E-state index is 0.0997. The fourth-order valence-electron chi connectivity index (χ4n) is 2.37. The van der Waals surface area contributed by atoms with E-state index in [9.17, 15) is 4.79 Å². The highest BCUT2D eigenvalue weighted by atomic mass is 32.2. The van der Waals surface area contributed by atoms with Crippen LogP contribution in [0.15, 0.2) is 58.8 Å². The van der Waals surface area contributed by atoms with Gasteiger partial charge in [0, 0.05) is 0 Å². The number of hydrogen-bond donors (Lipinski definition) is 3. The predicted molar refractivity (Wildman–Crippen MR) is 117 cm³/mol. The molecule has 0 fully saturated rings. The number of benzene rings is 2. The molecule has 0 saturated heterocycles. The molecule has 3 aromatic rings. The lowest BCUT2D eigenvalue weighted by molar-refractivity contribution is -0.113. The number of nitrogens with zero attached hydrogens (tertiary/aromatic N) is 4. The van der Waals surface area contributed by atoms with Gasteiger partial charge in [0.25, 0.3) is 5.95 Å². The molecule has 4 N–H and O–H groups in total. The minimum atomic E-state index is -0.223. The van der Waals surface area contributed by atoms with E-state index < -0.39 is 0 Å². The first-order chi connectivity index (χ1) is 14.6. The second-order valence-corrected chi connectivity index (χ2v) is 6.80. The zero-order valence-electron chi connectivity index (χ0n) is 16.4. The van der Waals surface area contributed by atoms with Crippen molar-refractivity contribution in [2.24, 2.45) is 5.10 Å². The summed E-state index contributed by atoms with van der Waals surface area (Å²) < 4.78 is 11.6. The lowest BCUT2D eigenvalue weighted by atomic mass is 10.2. The van der Waals surface area contributed by atoms with Crippen LogP contribution in [0.3, 0.4) is 0 Å². The Bertz CT molecular complexity index is 1020. The van der Waals surface area contributed by atoms with E-state index in [0.29, 0.717) is 16.6 Å². The number of rotatable bonds is 9. The van der Waals surface area contributed by atoms with Gasteiger partial charge in [0.1, 0.15) is 11.5 Å². The number of para-hydroxylation sites is 2. The van der Waals surface area contributed by atoms with E-state index >= 15 is 0 Å². The van der Waals surface area contributed by atoms with Crippen LogP contribution in [0.5, 0.6) is 11.5 Å². The Labute approximate surface area is 177 Å². The number of thioether (sulfide) groups is 1. The van der Waals surface area contributed by atoms with Crippen molar-refractivity contribution in [3.8, 4) is 11.5 Å². The molecule has 1 aromatic heterocycles. The van der Waals surface area contributed by atoms with E-state index in [1.54, 1.807) is 32.6 Å². The molecule has 0 unspecified atom stereocenters. The highest BCUT2D eigenvalue weighted by molar-refractivity contribution is 7.99. The number of amides is 1. The minimum Gasteiger partial charge on any atom is -0.497 e. The van der Waals surface area contributed by atoms with Crippen molar-refractivity contribution in [3.63, 3.8) is 0 Å². The van der Waals surface area contributed by atoms with Gasteiger partial charge in [-0.1, -0.05) is 23.9 Å². The van der Waals surface area contributed by atoms with E-state index in [2.05, 4.69) is 26.0 Å². The number of carbonyl (C=O) groups is 1. The summed E-state index contributed by atoms with van der Waals surface area (Å²) in [6.45, 7) is 0. The Morgan fingerprint density at radius 3 is 2.67 bits per heavy atom. The Kier molecular flexibility index (Phi) is 7.11. The largest absolute Gasteiger partial charge is 0.497 e. The molecule has 0 aliphatic carbocycles. The smallest absolute Gasteiger partial charge is 0.264 e. The van der Waals surface area contributed by atoms with Crippen molar-refractivity contribution in [1.82, 2.24) is 14.9 Å². The molecule has 3 rings (SSSR count). The van der Waals surface area contributed by atoms with Gasteiger partial charge in [0.15, 0.2) is 0 Å². The summed E-state index contributed by atoms with van der Waals surface area (Å²) in [6, 6.07) is 14.5. The van der Waals surface area contributed by atoms with Gasteiger partial charge in [-0.25, -0.2) is 10.1 Å². The molecule has 10 nitrogen and oxygen atoms in total. The first-order valence-corrected chi connectivity index (χ1v) is 9.78. The zero-order valence-corrected chi connectivity index (χ0v) is 17.2. The molecule has 0 bridgehead atoms. The van der Waals surface area contributed by atoms with E-state index in [0.717, 1.165) is 23.1 Å². The molecule has 1 amide bonds. The molecule has 0 spiro atoms. The number of nitrogens with two attached hydrogens (primary N) is 1. The molecule has 30 heavy (non-hydrogen) atoms. The van der Waals surface area contributed by atoms with Crippen LogP contribution in [-0.4, -0.2) is 47.0 Å². The van der Waals surface area contributed by atoms with Gasteiger partial charge in [-0.2, -0.15) is 5.10 Å². The Morgan fingerprint density at radius 1 is 1.17 bits per heavy atom. The maximum atomic E-state index is 12.2. The number of nitrogens with one attached hydrogen (secondary N) is 2. The van der Waals surface area contributed by atoms with Gasteiger partial charge in [-0.05, 0) is 42.0 Å². The number of ether oxygens (including phenoxy) is 2. The maximum Gasteiger partial charge on any atom is 0.264 e. The number of aromatic nitrogens is 3. The average Bonchev–Trinajstić information content (AvgIpc) is 3.12. The van der Waals surface area contributed by atoms with E-state index in [4.69, 9.17) is 15.3 Å². The van der Waals surface area contributed by atoms with Crippen molar-refractivity contribution in [1.29, 1.82) is 0 Å². The van der Waals surface area contributed by atoms with Crippen LogP contribution >= 0.6 is 11.8 Å². The molecule has 0 aliphatic rings. The summed E-state index contributed by atoms with van der Waals surface area (Å²) in [5.74, 6) is 7.44. The molecule has 0 radical (unpaired) electrons. The molecule has 0 aliphatic heterocycles. The summed E-state index contributed by atoms with van der Waals surface area (Å²) >= 11 is 1.15. The number of hydrazone groups is 1. The van der Waals surface area contributed by atoms with Gasteiger partial charge in [-0.3, -0.25) is 4.79 Å². The first-order valence-electron chi connectivity index (χ1n) is 8.80. The topological polar surface area (TPSA) is 129 Å². The molecule has 1 heterocycles. The summed E-state index contributed by atoms with van der Waals surface area (Å²) in [7, 11) is 3.15. The zero-order chi connectivity index (χ0) is 21.3. The molecular formula is C19H21N7O3S.